The van der Waals surface area contributed by atoms with E-state index >= 15 is 0 Å². The van der Waals surface area contributed by atoms with Gasteiger partial charge in [-0.25, -0.2) is 0 Å². The Labute approximate surface area is 228 Å². The van der Waals surface area contributed by atoms with Gasteiger partial charge in [0.05, 0.1) is 0 Å². The van der Waals surface area contributed by atoms with Crippen molar-refractivity contribution in [1.29, 1.82) is 0 Å². The van der Waals surface area contributed by atoms with Gasteiger partial charge in [0.2, 0.25) is 11.8 Å². The average Bonchev–Trinajstić information content (AvgIpc) is 2.85. The largest absolute Gasteiger partial charge is 0.352 e. The van der Waals surface area contributed by atoms with Crippen LogP contribution in [0.15, 0.2) is 83.8 Å². The minimum atomic E-state index is -0.634. The summed E-state index contributed by atoms with van der Waals surface area (Å²) < 4.78 is 0. The summed E-state index contributed by atoms with van der Waals surface area (Å²) in [6.07, 6.45) is 1.48. The lowest BCUT2D eigenvalue weighted by atomic mass is 10.0. The highest BCUT2D eigenvalue weighted by molar-refractivity contribution is 7.99. The molecule has 1 N–H and O–H groups in total. The number of amides is 2. The minimum absolute atomic E-state index is 0.0327. The third-order valence-corrected chi connectivity index (χ3v) is 7.15. The number of rotatable bonds is 12. The third kappa shape index (κ3) is 9.20. The molecule has 7 heteroatoms. The zero-order valence-electron chi connectivity index (χ0n) is 20.6. The highest BCUT2D eigenvalue weighted by Crippen LogP contribution is 2.23. The molecule has 0 aliphatic carbocycles. The van der Waals surface area contributed by atoms with Crippen LogP contribution in [-0.2, 0) is 22.6 Å². The van der Waals surface area contributed by atoms with Gasteiger partial charge in [-0.2, -0.15) is 0 Å². The number of nitrogens with one attached hydrogen (secondary N) is 1. The SMILES string of the molecule is CC(C)NC(=O)C(Cc1ccccc1)N(Cc1cccc(Cl)c1)C(=O)CCCSc1ccc(Cl)cc1. The fraction of sp³-hybridized carbons (Fsp3) is 0.310. The average molecular weight is 544 g/mol. The lowest BCUT2D eigenvalue weighted by molar-refractivity contribution is -0.141. The van der Waals surface area contributed by atoms with Gasteiger partial charge in [0.1, 0.15) is 6.04 Å². The Bertz CT molecular complexity index is 1120. The summed E-state index contributed by atoms with van der Waals surface area (Å²) in [5.74, 6) is 0.589. The summed E-state index contributed by atoms with van der Waals surface area (Å²) in [5.41, 5.74) is 1.89. The summed E-state index contributed by atoms with van der Waals surface area (Å²) in [5, 5.41) is 4.32. The second-order valence-electron chi connectivity index (χ2n) is 8.93. The van der Waals surface area contributed by atoms with Gasteiger partial charge in [-0.05, 0) is 73.5 Å². The predicted octanol–water partition coefficient (Wildman–Crippen LogP) is 7.03. The second-order valence-corrected chi connectivity index (χ2v) is 11.0. The first-order valence-corrected chi connectivity index (χ1v) is 13.8. The number of hydrogen-bond donors (Lipinski definition) is 1. The first-order valence-electron chi connectivity index (χ1n) is 12.1. The van der Waals surface area contributed by atoms with Gasteiger partial charge in [0.15, 0.2) is 0 Å². The summed E-state index contributed by atoms with van der Waals surface area (Å²) in [4.78, 5) is 29.8. The van der Waals surface area contributed by atoms with Crippen molar-refractivity contribution < 1.29 is 9.59 Å². The van der Waals surface area contributed by atoms with Crippen LogP contribution in [-0.4, -0.2) is 34.6 Å². The predicted molar refractivity (Wildman–Crippen MR) is 151 cm³/mol. The maximum atomic E-state index is 13.6. The Morgan fingerprint density at radius 1 is 0.889 bits per heavy atom. The van der Waals surface area contributed by atoms with Crippen LogP contribution in [0.5, 0.6) is 0 Å². The first kappa shape index (κ1) is 28.1. The van der Waals surface area contributed by atoms with Crippen molar-refractivity contribution in [2.45, 2.75) is 56.6 Å². The Morgan fingerprint density at radius 2 is 1.58 bits per heavy atom. The second kappa shape index (κ2) is 14.3. The topological polar surface area (TPSA) is 49.4 Å². The molecule has 0 spiro atoms. The van der Waals surface area contributed by atoms with Gasteiger partial charge in [-0.1, -0.05) is 65.7 Å². The Hall–Kier alpha value is -2.47. The third-order valence-electron chi connectivity index (χ3n) is 5.56. The standard InChI is InChI=1S/C29H32Cl2N2O2S/c1-21(2)32-29(35)27(19-22-8-4-3-5-9-22)33(20-23-10-6-11-25(31)18-23)28(34)12-7-17-36-26-15-13-24(30)14-16-26/h3-6,8-11,13-16,18,21,27H,7,12,17,19-20H2,1-2H3,(H,32,35). The molecule has 0 saturated heterocycles. The van der Waals surface area contributed by atoms with Crippen LogP contribution >= 0.6 is 35.0 Å². The Morgan fingerprint density at radius 3 is 2.25 bits per heavy atom. The molecule has 3 aromatic carbocycles. The zero-order valence-corrected chi connectivity index (χ0v) is 23.0. The quantitative estimate of drug-likeness (QED) is 0.197. The van der Waals surface area contributed by atoms with E-state index in [4.69, 9.17) is 23.2 Å². The molecule has 0 aliphatic heterocycles. The van der Waals surface area contributed by atoms with E-state index in [1.54, 1.807) is 22.7 Å². The van der Waals surface area contributed by atoms with Gasteiger partial charge < -0.3 is 10.2 Å². The monoisotopic (exact) mass is 542 g/mol. The number of benzene rings is 3. The van der Waals surface area contributed by atoms with Crippen molar-refractivity contribution in [2.75, 3.05) is 5.75 Å². The minimum Gasteiger partial charge on any atom is -0.352 e. The van der Waals surface area contributed by atoms with E-state index in [0.717, 1.165) is 21.8 Å². The number of nitrogens with zero attached hydrogens (tertiary/aromatic N) is 1. The summed E-state index contributed by atoms with van der Waals surface area (Å²) in [6.45, 7) is 4.16. The smallest absolute Gasteiger partial charge is 0.243 e. The molecule has 190 valence electrons. The normalized spacial score (nSPS) is 11.8. The van der Waals surface area contributed by atoms with Crippen molar-refractivity contribution in [1.82, 2.24) is 10.2 Å². The van der Waals surface area contributed by atoms with Crippen LogP contribution in [0.4, 0.5) is 0 Å². The summed E-state index contributed by atoms with van der Waals surface area (Å²) in [7, 11) is 0. The number of hydrogen-bond acceptors (Lipinski definition) is 3. The van der Waals surface area contributed by atoms with Crippen LogP contribution in [0.3, 0.4) is 0 Å². The van der Waals surface area contributed by atoms with Gasteiger partial charge >= 0.3 is 0 Å². The van der Waals surface area contributed by atoms with Crippen LogP contribution in [0, 0.1) is 0 Å². The van der Waals surface area contributed by atoms with Crippen LogP contribution in [0.25, 0.3) is 0 Å². The molecule has 3 rings (SSSR count). The van der Waals surface area contributed by atoms with E-state index in [0.29, 0.717) is 35.9 Å². The number of halogens is 2. The summed E-state index contributed by atoms with van der Waals surface area (Å²) >= 11 is 13.9. The molecule has 1 atom stereocenters. The van der Waals surface area contributed by atoms with Crippen molar-refractivity contribution in [3.05, 3.63) is 100 Å². The number of carbonyl (C=O) groups is 2. The fourth-order valence-electron chi connectivity index (χ4n) is 3.85. The highest BCUT2D eigenvalue weighted by Gasteiger charge is 2.30. The lowest BCUT2D eigenvalue weighted by Crippen LogP contribution is -2.51. The molecule has 3 aromatic rings. The van der Waals surface area contributed by atoms with E-state index in [-0.39, 0.29) is 17.9 Å². The van der Waals surface area contributed by atoms with Gasteiger partial charge in [-0.15, -0.1) is 11.8 Å². The highest BCUT2D eigenvalue weighted by atomic mass is 35.5. The molecule has 4 nitrogen and oxygen atoms in total. The Balaban J connectivity index is 1.78. The van der Waals surface area contributed by atoms with Gasteiger partial charge in [0, 0.05) is 40.4 Å². The number of carbonyl (C=O) groups excluding carboxylic acids is 2. The Kier molecular flexibility index (Phi) is 11.2. The van der Waals surface area contributed by atoms with Crippen molar-refractivity contribution >= 4 is 46.8 Å². The molecular formula is C29H32Cl2N2O2S. The molecule has 0 saturated carbocycles. The molecule has 0 heterocycles. The van der Waals surface area contributed by atoms with Crippen LogP contribution in [0.2, 0.25) is 10.0 Å². The first-order chi connectivity index (χ1) is 17.3. The maximum absolute atomic E-state index is 13.6. The zero-order chi connectivity index (χ0) is 25.9. The molecule has 0 radical (unpaired) electrons. The molecule has 0 aromatic heterocycles. The number of thioether (sulfide) groups is 1. The maximum Gasteiger partial charge on any atom is 0.243 e. The van der Waals surface area contributed by atoms with Crippen molar-refractivity contribution in [3.8, 4) is 0 Å². The van der Waals surface area contributed by atoms with Gasteiger partial charge in [-0.3, -0.25) is 9.59 Å². The van der Waals surface area contributed by atoms with E-state index in [1.807, 2.05) is 86.6 Å². The van der Waals surface area contributed by atoms with Crippen molar-refractivity contribution in [2.24, 2.45) is 0 Å². The lowest BCUT2D eigenvalue weighted by Gasteiger charge is -2.32. The fourth-order valence-corrected chi connectivity index (χ4v) is 5.05. The molecule has 0 aliphatic rings. The van der Waals surface area contributed by atoms with Crippen LogP contribution in [0.1, 0.15) is 37.8 Å². The van der Waals surface area contributed by atoms with E-state index < -0.39 is 6.04 Å². The molecule has 1 unspecified atom stereocenters. The van der Waals surface area contributed by atoms with Gasteiger partial charge in [0.25, 0.3) is 0 Å². The molecule has 0 fully saturated rings. The van der Waals surface area contributed by atoms with Crippen molar-refractivity contribution in [3.63, 3.8) is 0 Å². The van der Waals surface area contributed by atoms with E-state index in [2.05, 4.69) is 5.32 Å². The summed E-state index contributed by atoms with van der Waals surface area (Å²) in [6, 6.07) is 24.3. The molecule has 2 amide bonds. The van der Waals surface area contributed by atoms with Crippen LogP contribution < -0.4 is 5.32 Å². The molecule has 36 heavy (non-hydrogen) atoms. The van der Waals surface area contributed by atoms with E-state index in [1.165, 1.54) is 0 Å². The molecular weight excluding hydrogens is 511 g/mol. The molecule has 0 bridgehead atoms. The van der Waals surface area contributed by atoms with E-state index in [9.17, 15) is 9.59 Å².